The summed E-state index contributed by atoms with van der Waals surface area (Å²) in [6.45, 7) is 7.50. The topological polar surface area (TPSA) is 54.5 Å². The van der Waals surface area contributed by atoms with Gasteiger partial charge in [0, 0.05) is 42.8 Å². The maximum Gasteiger partial charge on any atom is 0.251 e. The van der Waals surface area contributed by atoms with E-state index in [1.807, 2.05) is 42.5 Å². The van der Waals surface area contributed by atoms with Crippen molar-refractivity contribution < 1.29 is 9.53 Å². The van der Waals surface area contributed by atoms with Crippen LogP contribution in [-0.4, -0.2) is 54.2 Å². The van der Waals surface area contributed by atoms with Crippen LogP contribution in [0.5, 0.6) is 0 Å². The molecule has 0 spiro atoms. The number of benzene rings is 1. The molecule has 1 aliphatic heterocycles. The van der Waals surface area contributed by atoms with Crippen LogP contribution < -0.4 is 5.32 Å². The fourth-order valence-electron chi connectivity index (χ4n) is 3.10. The molecule has 2 heterocycles. The first kappa shape index (κ1) is 18.9. The maximum atomic E-state index is 12.3. The molecule has 1 aromatic carbocycles. The Bertz CT molecular complexity index is 699. The summed E-state index contributed by atoms with van der Waals surface area (Å²) in [5.41, 5.74) is 0.680. The number of hydrogen-bond acceptors (Lipinski definition) is 5. The summed E-state index contributed by atoms with van der Waals surface area (Å²) in [6, 6.07) is 13.5. The van der Waals surface area contributed by atoms with Gasteiger partial charge in [0.25, 0.3) is 5.91 Å². The van der Waals surface area contributed by atoms with Crippen LogP contribution in [0.2, 0.25) is 0 Å². The van der Waals surface area contributed by atoms with Gasteiger partial charge in [-0.1, -0.05) is 17.8 Å². The molecular weight excluding hydrogens is 346 g/mol. The van der Waals surface area contributed by atoms with Gasteiger partial charge in [-0.3, -0.25) is 9.69 Å². The second-order valence-electron chi connectivity index (χ2n) is 6.57. The molecule has 2 atom stereocenters. The maximum absolute atomic E-state index is 12.3. The average molecular weight is 372 g/mol. The number of carbonyl (C=O) groups is 1. The van der Waals surface area contributed by atoms with Gasteiger partial charge in [-0.25, -0.2) is 4.98 Å². The molecule has 6 heteroatoms. The molecule has 1 saturated heterocycles. The van der Waals surface area contributed by atoms with Gasteiger partial charge in [-0.2, -0.15) is 0 Å². The first-order chi connectivity index (χ1) is 12.6. The van der Waals surface area contributed by atoms with Crippen LogP contribution in [0.1, 0.15) is 24.2 Å². The van der Waals surface area contributed by atoms with Crippen LogP contribution in [0, 0.1) is 0 Å². The predicted molar refractivity (Wildman–Crippen MR) is 104 cm³/mol. The van der Waals surface area contributed by atoms with Crippen LogP contribution >= 0.6 is 11.8 Å². The highest BCUT2D eigenvalue weighted by Crippen LogP contribution is 2.25. The monoisotopic (exact) mass is 371 g/mol. The molecule has 5 nitrogen and oxygen atoms in total. The minimum Gasteiger partial charge on any atom is -0.373 e. The summed E-state index contributed by atoms with van der Waals surface area (Å²) in [5, 5.41) is 3.95. The molecule has 26 heavy (non-hydrogen) atoms. The minimum absolute atomic E-state index is 0.0336. The fourth-order valence-corrected chi connectivity index (χ4v) is 3.87. The lowest BCUT2D eigenvalue weighted by molar-refractivity contribution is -0.0672. The van der Waals surface area contributed by atoms with E-state index in [0.29, 0.717) is 12.1 Å². The quantitative estimate of drug-likeness (QED) is 0.846. The highest BCUT2D eigenvalue weighted by Gasteiger charge is 2.21. The van der Waals surface area contributed by atoms with Crippen molar-refractivity contribution in [3.8, 4) is 0 Å². The largest absolute Gasteiger partial charge is 0.373 e. The zero-order chi connectivity index (χ0) is 18.4. The summed E-state index contributed by atoms with van der Waals surface area (Å²) in [7, 11) is 0. The number of aromatic nitrogens is 1. The normalized spacial score (nSPS) is 20.7. The zero-order valence-electron chi connectivity index (χ0n) is 15.2. The van der Waals surface area contributed by atoms with Crippen molar-refractivity contribution in [1.82, 2.24) is 15.2 Å². The van der Waals surface area contributed by atoms with Crippen LogP contribution in [0.3, 0.4) is 0 Å². The molecule has 0 bridgehead atoms. The van der Waals surface area contributed by atoms with Gasteiger partial charge < -0.3 is 10.1 Å². The second-order valence-corrected chi connectivity index (χ2v) is 7.66. The third kappa shape index (κ3) is 5.56. The van der Waals surface area contributed by atoms with Gasteiger partial charge in [-0.15, -0.1) is 0 Å². The summed E-state index contributed by atoms with van der Waals surface area (Å²) in [6.07, 6.45) is 2.28. The van der Waals surface area contributed by atoms with E-state index < -0.39 is 0 Å². The standard InChI is InChI=1S/C20H25N3O2S/c1-15-13-23(14-16(2)25-15)12-11-22-20(24)17-6-8-18(9-7-17)26-19-5-3-4-10-21-19/h3-10,15-16H,11-14H2,1-2H3,(H,22,24). The van der Waals surface area contributed by atoms with Gasteiger partial charge in [-0.05, 0) is 50.2 Å². The molecule has 1 fully saturated rings. The SMILES string of the molecule is CC1CN(CCNC(=O)c2ccc(Sc3ccccn3)cc2)CC(C)O1. The number of carbonyl (C=O) groups excluding carboxylic acids is 1. The van der Waals surface area contributed by atoms with Crippen molar-refractivity contribution in [3.63, 3.8) is 0 Å². The molecule has 0 radical (unpaired) electrons. The Morgan fingerprint density at radius 3 is 2.58 bits per heavy atom. The smallest absolute Gasteiger partial charge is 0.251 e. The Hall–Kier alpha value is -1.89. The van der Waals surface area contributed by atoms with Crippen molar-refractivity contribution in [3.05, 3.63) is 54.2 Å². The second kappa shape index (κ2) is 9.16. The molecule has 3 rings (SSSR count). The molecule has 0 aliphatic carbocycles. The fraction of sp³-hybridized carbons (Fsp3) is 0.400. The predicted octanol–water partition coefficient (Wildman–Crippen LogP) is 3.07. The Morgan fingerprint density at radius 1 is 1.19 bits per heavy atom. The highest BCUT2D eigenvalue weighted by molar-refractivity contribution is 7.99. The number of nitrogens with one attached hydrogen (secondary N) is 1. The lowest BCUT2D eigenvalue weighted by Gasteiger charge is -2.35. The van der Waals surface area contributed by atoms with Crippen molar-refractivity contribution in [2.75, 3.05) is 26.2 Å². The van der Waals surface area contributed by atoms with Gasteiger partial charge in [0.15, 0.2) is 0 Å². The van der Waals surface area contributed by atoms with Crippen molar-refractivity contribution in [2.45, 2.75) is 36.0 Å². The zero-order valence-corrected chi connectivity index (χ0v) is 16.0. The number of nitrogens with zero attached hydrogens (tertiary/aromatic N) is 2. The molecule has 0 saturated carbocycles. The average Bonchev–Trinajstić information content (AvgIpc) is 2.62. The van der Waals surface area contributed by atoms with Gasteiger partial charge in [0.05, 0.1) is 12.2 Å². The summed E-state index contributed by atoms with van der Waals surface area (Å²) in [5.74, 6) is -0.0336. The first-order valence-electron chi connectivity index (χ1n) is 8.95. The number of amides is 1. The van der Waals surface area contributed by atoms with E-state index in [1.54, 1.807) is 18.0 Å². The Labute approximate surface area is 159 Å². The van der Waals surface area contributed by atoms with E-state index in [-0.39, 0.29) is 18.1 Å². The summed E-state index contributed by atoms with van der Waals surface area (Å²) >= 11 is 1.58. The summed E-state index contributed by atoms with van der Waals surface area (Å²) < 4.78 is 5.73. The van der Waals surface area contributed by atoms with Crippen molar-refractivity contribution >= 4 is 17.7 Å². The van der Waals surface area contributed by atoms with Crippen LogP contribution in [0.15, 0.2) is 58.6 Å². The van der Waals surface area contributed by atoms with Crippen LogP contribution in [-0.2, 0) is 4.74 Å². The molecular formula is C20H25N3O2S. The number of pyridine rings is 1. The molecule has 138 valence electrons. The van der Waals surface area contributed by atoms with Crippen molar-refractivity contribution in [1.29, 1.82) is 0 Å². The summed E-state index contributed by atoms with van der Waals surface area (Å²) in [4.78, 5) is 20.0. The van der Waals surface area contributed by atoms with Gasteiger partial charge in [0.1, 0.15) is 5.03 Å². The number of ether oxygens (including phenoxy) is 1. The Morgan fingerprint density at radius 2 is 1.92 bits per heavy atom. The first-order valence-corrected chi connectivity index (χ1v) is 9.77. The molecule has 1 N–H and O–H groups in total. The van der Waals surface area contributed by atoms with Gasteiger partial charge >= 0.3 is 0 Å². The molecule has 1 amide bonds. The van der Waals surface area contributed by atoms with Crippen LogP contribution in [0.4, 0.5) is 0 Å². The van der Waals surface area contributed by atoms with Crippen LogP contribution in [0.25, 0.3) is 0 Å². The Balaban J connectivity index is 1.46. The lowest BCUT2D eigenvalue weighted by Crippen LogP contribution is -2.47. The molecule has 2 unspecified atom stereocenters. The minimum atomic E-state index is -0.0336. The third-order valence-electron chi connectivity index (χ3n) is 4.19. The highest BCUT2D eigenvalue weighted by atomic mass is 32.2. The lowest BCUT2D eigenvalue weighted by atomic mass is 10.2. The van der Waals surface area contributed by atoms with E-state index in [9.17, 15) is 4.79 Å². The van der Waals surface area contributed by atoms with Crippen molar-refractivity contribution in [2.24, 2.45) is 0 Å². The Kier molecular flexibility index (Phi) is 6.66. The van der Waals surface area contributed by atoms with Gasteiger partial charge in [0.2, 0.25) is 0 Å². The molecule has 1 aliphatic rings. The van der Waals surface area contributed by atoms with E-state index in [0.717, 1.165) is 29.6 Å². The van der Waals surface area contributed by atoms with E-state index in [1.165, 1.54) is 0 Å². The third-order valence-corrected chi connectivity index (χ3v) is 5.14. The number of hydrogen-bond donors (Lipinski definition) is 1. The van der Waals surface area contributed by atoms with E-state index in [2.05, 4.69) is 29.0 Å². The molecule has 1 aromatic heterocycles. The molecule has 2 aromatic rings. The van der Waals surface area contributed by atoms with E-state index >= 15 is 0 Å². The van der Waals surface area contributed by atoms with E-state index in [4.69, 9.17) is 4.74 Å². The number of rotatable bonds is 6. The number of morpholine rings is 1.